The topological polar surface area (TPSA) is 74.2 Å². The molecule has 0 aliphatic rings. The first-order valence-corrected chi connectivity index (χ1v) is 7.31. The van der Waals surface area contributed by atoms with E-state index in [4.69, 9.17) is 26.6 Å². The van der Waals surface area contributed by atoms with Crippen molar-refractivity contribution in [2.24, 2.45) is 5.73 Å². The molecule has 0 aliphatic heterocycles. The highest BCUT2D eigenvalue weighted by Gasteiger charge is 2.18. The van der Waals surface area contributed by atoms with Crippen LogP contribution in [0.15, 0.2) is 27.2 Å². The van der Waals surface area contributed by atoms with E-state index in [-0.39, 0.29) is 6.10 Å². The number of benzene rings is 1. The third-order valence-corrected chi connectivity index (χ3v) is 3.86. The minimum absolute atomic E-state index is 0.104. The molecule has 20 heavy (non-hydrogen) atoms. The fourth-order valence-electron chi connectivity index (χ4n) is 1.53. The summed E-state index contributed by atoms with van der Waals surface area (Å²) in [7, 11) is 0. The van der Waals surface area contributed by atoms with Gasteiger partial charge in [-0.2, -0.15) is 4.98 Å². The third-order valence-electron chi connectivity index (χ3n) is 2.56. The summed E-state index contributed by atoms with van der Waals surface area (Å²) in [4.78, 5) is 4.27. The maximum atomic E-state index is 6.19. The molecule has 0 spiro atoms. The highest BCUT2D eigenvalue weighted by atomic mass is 79.9. The maximum Gasteiger partial charge on any atom is 0.259 e. The molecule has 2 rings (SSSR count). The number of halogens is 2. The molecule has 0 saturated heterocycles. The summed E-state index contributed by atoms with van der Waals surface area (Å²) in [6, 6.07) is 5.06. The SMILES string of the molecule is CC(C)OCC(N)c1noc(-c2cccc(Br)c2Cl)n1. The average molecular weight is 361 g/mol. The van der Waals surface area contributed by atoms with Crippen LogP contribution in [0.2, 0.25) is 5.02 Å². The van der Waals surface area contributed by atoms with Gasteiger partial charge in [0.05, 0.1) is 29.3 Å². The molecule has 1 aromatic heterocycles. The van der Waals surface area contributed by atoms with E-state index in [0.717, 1.165) is 4.47 Å². The van der Waals surface area contributed by atoms with Crippen molar-refractivity contribution in [3.05, 3.63) is 33.5 Å². The molecule has 1 atom stereocenters. The molecule has 1 heterocycles. The molecule has 0 amide bonds. The molecule has 0 fully saturated rings. The van der Waals surface area contributed by atoms with Gasteiger partial charge < -0.3 is 15.0 Å². The molecule has 7 heteroatoms. The quantitative estimate of drug-likeness (QED) is 0.882. The molecule has 0 saturated carbocycles. The lowest BCUT2D eigenvalue weighted by Crippen LogP contribution is -2.20. The zero-order chi connectivity index (χ0) is 14.7. The second kappa shape index (κ2) is 6.67. The van der Waals surface area contributed by atoms with Crippen LogP contribution in [0.5, 0.6) is 0 Å². The Hall–Kier alpha value is -0.950. The number of aromatic nitrogens is 2. The van der Waals surface area contributed by atoms with E-state index in [1.54, 1.807) is 6.07 Å². The Morgan fingerprint density at radius 1 is 1.45 bits per heavy atom. The van der Waals surface area contributed by atoms with Crippen molar-refractivity contribution in [3.8, 4) is 11.5 Å². The summed E-state index contributed by atoms with van der Waals surface area (Å²) in [6.07, 6.45) is 0.104. The molecule has 5 nitrogen and oxygen atoms in total. The van der Waals surface area contributed by atoms with Gasteiger partial charge in [-0.3, -0.25) is 0 Å². The summed E-state index contributed by atoms with van der Waals surface area (Å²) in [5, 5.41) is 4.40. The third kappa shape index (κ3) is 3.58. The van der Waals surface area contributed by atoms with Gasteiger partial charge in [0.15, 0.2) is 5.82 Å². The second-order valence-electron chi connectivity index (χ2n) is 4.55. The zero-order valence-corrected chi connectivity index (χ0v) is 13.5. The number of rotatable bonds is 5. The van der Waals surface area contributed by atoms with E-state index < -0.39 is 6.04 Å². The van der Waals surface area contributed by atoms with E-state index in [9.17, 15) is 0 Å². The van der Waals surface area contributed by atoms with Crippen molar-refractivity contribution >= 4 is 27.5 Å². The standard InChI is InChI=1S/C13H15BrClN3O2/c1-7(2)19-6-10(16)12-17-13(20-18-12)8-4-3-5-9(14)11(8)15/h3-5,7,10H,6,16H2,1-2H3. The Morgan fingerprint density at radius 3 is 2.90 bits per heavy atom. The normalized spacial score (nSPS) is 12.9. The van der Waals surface area contributed by atoms with E-state index in [2.05, 4.69) is 26.1 Å². The van der Waals surface area contributed by atoms with E-state index in [0.29, 0.717) is 28.9 Å². The van der Waals surface area contributed by atoms with Gasteiger partial charge in [0, 0.05) is 4.47 Å². The smallest absolute Gasteiger partial charge is 0.259 e. The van der Waals surface area contributed by atoms with Crippen molar-refractivity contribution in [2.45, 2.75) is 26.0 Å². The van der Waals surface area contributed by atoms with Gasteiger partial charge in [-0.1, -0.05) is 22.8 Å². The minimum atomic E-state index is -0.430. The molecule has 0 radical (unpaired) electrons. The van der Waals surface area contributed by atoms with Gasteiger partial charge in [0.1, 0.15) is 0 Å². The predicted molar refractivity (Wildman–Crippen MR) is 80.5 cm³/mol. The number of nitrogens with zero attached hydrogens (tertiary/aromatic N) is 2. The molecule has 2 aromatic rings. The van der Waals surface area contributed by atoms with Gasteiger partial charge in [-0.05, 0) is 41.9 Å². The number of ether oxygens (including phenoxy) is 1. The molecule has 0 aliphatic carbocycles. The fraction of sp³-hybridized carbons (Fsp3) is 0.385. The molecular weight excluding hydrogens is 346 g/mol. The van der Waals surface area contributed by atoms with Crippen LogP contribution in [0.4, 0.5) is 0 Å². The van der Waals surface area contributed by atoms with Crippen LogP contribution < -0.4 is 5.73 Å². The van der Waals surface area contributed by atoms with Crippen LogP contribution in [0.25, 0.3) is 11.5 Å². The Kier molecular flexibility index (Phi) is 5.15. The van der Waals surface area contributed by atoms with Crippen LogP contribution in [-0.2, 0) is 4.74 Å². The Balaban J connectivity index is 2.18. The fourth-order valence-corrected chi connectivity index (χ4v) is 2.11. The number of hydrogen-bond acceptors (Lipinski definition) is 5. The summed E-state index contributed by atoms with van der Waals surface area (Å²) >= 11 is 9.54. The van der Waals surface area contributed by atoms with E-state index in [1.165, 1.54) is 0 Å². The lowest BCUT2D eigenvalue weighted by molar-refractivity contribution is 0.0665. The molecule has 108 valence electrons. The van der Waals surface area contributed by atoms with E-state index >= 15 is 0 Å². The lowest BCUT2D eigenvalue weighted by atomic mass is 10.2. The van der Waals surface area contributed by atoms with Gasteiger partial charge in [0.2, 0.25) is 0 Å². The summed E-state index contributed by atoms with van der Waals surface area (Å²) in [6.45, 7) is 4.22. The summed E-state index contributed by atoms with van der Waals surface area (Å²) in [5.74, 6) is 0.739. The first-order valence-electron chi connectivity index (χ1n) is 6.14. The maximum absolute atomic E-state index is 6.19. The van der Waals surface area contributed by atoms with Crippen LogP contribution >= 0.6 is 27.5 Å². The van der Waals surface area contributed by atoms with Crippen molar-refractivity contribution in [1.29, 1.82) is 0 Å². The van der Waals surface area contributed by atoms with Crippen molar-refractivity contribution in [1.82, 2.24) is 10.1 Å². The Bertz CT molecular complexity index is 589. The Labute approximate surface area is 130 Å². The molecular formula is C13H15BrClN3O2. The highest BCUT2D eigenvalue weighted by molar-refractivity contribution is 9.10. The number of hydrogen-bond donors (Lipinski definition) is 1. The summed E-state index contributed by atoms with van der Waals surface area (Å²) < 4.78 is 11.4. The minimum Gasteiger partial charge on any atom is -0.377 e. The van der Waals surface area contributed by atoms with Gasteiger partial charge in [-0.25, -0.2) is 0 Å². The highest BCUT2D eigenvalue weighted by Crippen LogP contribution is 2.32. The molecule has 2 N–H and O–H groups in total. The largest absolute Gasteiger partial charge is 0.377 e. The van der Waals surface area contributed by atoms with Crippen molar-refractivity contribution < 1.29 is 9.26 Å². The van der Waals surface area contributed by atoms with Crippen LogP contribution in [0, 0.1) is 0 Å². The summed E-state index contributed by atoms with van der Waals surface area (Å²) in [5.41, 5.74) is 6.61. The molecule has 1 unspecified atom stereocenters. The van der Waals surface area contributed by atoms with Crippen LogP contribution in [0.3, 0.4) is 0 Å². The van der Waals surface area contributed by atoms with Gasteiger partial charge in [0.25, 0.3) is 5.89 Å². The molecule has 0 bridgehead atoms. The number of nitrogens with two attached hydrogens (primary N) is 1. The first-order chi connectivity index (χ1) is 9.49. The van der Waals surface area contributed by atoms with E-state index in [1.807, 2.05) is 26.0 Å². The van der Waals surface area contributed by atoms with Crippen LogP contribution in [-0.4, -0.2) is 22.9 Å². The molecule has 1 aromatic carbocycles. The lowest BCUT2D eigenvalue weighted by Gasteiger charge is -2.10. The average Bonchev–Trinajstić information content (AvgIpc) is 2.88. The first kappa shape index (κ1) is 15.4. The van der Waals surface area contributed by atoms with Crippen LogP contribution in [0.1, 0.15) is 25.7 Å². The second-order valence-corrected chi connectivity index (χ2v) is 5.78. The zero-order valence-electron chi connectivity index (χ0n) is 11.1. The van der Waals surface area contributed by atoms with Crippen molar-refractivity contribution in [2.75, 3.05) is 6.61 Å². The van der Waals surface area contributed by atoms with Gasteiger partial charge in [-0.15, -0.1) is 0 Å². The monoisotopic (exact) mass is 359 g/mol. The Morgan fingerprint density at radius 2 is 2.20 bits per heavy atom. The van der Waals surface area contributed by atoms with Crippen molar-refractivity contribution in [3.63, 3.8) is 0 Å². The van der Waals surface area contributed by atoms with Gasteiger partial charge >= 0.3 is 0 Å². The predicted octanol–water partition coefficient (Wildman–Crippen LogP) is 3.58.